The zero-order valence-corrected chi connectivity index (χ0v) is 5.71. The van der Waals surface area contributed by atoms with Gasteiger partial charge in [0, 0.05) is 6.08 Å². The number of ether oxygens (including phenoxy) is 1. The zero-order valence-electron chi connectivity index (χ0n) is 5.71. The smallest absolute Gasteiger partial charge is 0.354 e. The van der Waals surface area contributed by atoms with Crippen molar-refractivity contribution in [1.82, 2.24) is 5.32 Å². The predicted molar refractivity (Wildman–Crippen MR) is 33.2 cm³/mol. The molecule has 1 amide bonds. The van der Waals surface area contributed by atoms with Crippen molar-refractivity contribution in [3.8, 4) is 0 Å². The summed E-state index contributed by atoms with van der Waals surface area (Å²) < 4.78 is 4.26. The highest BCUT2D eigenvalue weighted by Gasteiger charge is 2.25. The van der Waals surface area contributed by atoms with Crippen LogP contribution in [-0.2, 0) is 19.1 Å². The van der Waals surface area contributed by atoms with Crippen molar-refractivity contribution in [3.63, 3.8) is 0 Å². The Morgan fingerprint density at radius 1 is 1.55 bits per heavy atom. The van der Waals surface area contributed by atoms with Crippen LogP contribution in [0.2, 0.25) is 0 Å². The molecule has 5 heteroatoms. The van der Waals surface area contributed by atoms with E-state index in [9.17, 15) is 14.4 Å². The number of hydrogen-bond acceptors (Lipinski definition) is 4. The summed E-state index contributed by atoms with van der Waals surface area (Å²) in [5, 5.41) is 2.05. The summed E-state index contributed by atoms with van der Waals surface area (Å²) in [6, 6.07) is 0. The van der Waals surface area contributed by atoms with Crippen molar-refractivity contribution >= 4 is 17.7 Å². The molecule has 1 N–H and O–H groups in total. The SMILES string of the molecule is COC(=O)C1=CC(=O)C(=O)N1. The van der Waals surface area contributed by atoms with Gasteiger partial charge in [0.25, 0.3) is 5.91 Å². The third kappa shape index (κ3) is 1.26. The highest BCUT2D eigenvalue weighted by atomic mass is 16.5. The molecule has 0 radical (unpaired) electrons. The molecule has 0 aromatic carbocycles. The molecule has 1 aliphatic heterocycles. The van der Waals surface area contributed by atoms with E-state index < -0.39 is 17.7 Å². The average molecular weight is 155 g/mol. The molecule has 1 aliphatic rings. The van der Waals surface area contributed by atoms with E-state index in [1.54, 1.807) is 0 Å². The van der Waals surface area contributed by atoms with E-state index in [-0.39, 0.29) is 5.70 Å². The Labute approximate surface area is 62.0 Å². The first-order valence-corrected chi connectivity index (χ1v) is 2.80. The summed E-state index contributed by atoms with van der Waals surface area (Å²) in [6.07, 6.45) is 0.911. The molecular weight excluding hydrogens is 150 g/mol. The fourth-order valence-electron chi connectivity index (χ4n) is 0.637. The molecule has 0 saturated heterocycles. The third-order valence-corrected chi connectivity index (χ3v) is 1.15. The molecule has 0 unspecified atom stereocenters. The first-order valence-electron chi connectivity index (χ1n) is 2.80. The average Bonchev–Trinajstić information content (AvgIpc) is 2.31. The van der Waals surface area contributed by atoms with Crippen LogP contribution in [0, 0.1) is 0 Å². The first kappa shape index (κ1) is 7.46. The van der Waals surface area contributed by atoms with Crippen LogP contribution in [0.4, 0.5) is 0 Å². The number of esters is 1. The van der Waals surface area contributed by atoms with Crippen LogP contribution in [0.15, 0.2) is 11.8 Å². The number of nitrogens with one attached hydrogen (secondary N) is 1. The quantitative estimate of drug-likeness (QED) is 0.379. The maximum atomic E-state index is 10.6. The van der Waals surface area contributed by atoms with Gasteiger partial charge in [-0.2, -0.15) is 0 Å². The molecule has 0 spiro atoms. The van der Waals surface area contributed by atoms with Gasteiger partial charge in [-0.25, -0.2) is 4.79 Å². The van der Waals surface area contributed by atoms with Crippen LogP contribution in [-0.4, -0.2) is 24.8 Å². The second kappa shape index (κ2) is 2.53. The first-order chi connectivity index (χ1) is 5.15. The van der Waals surface area contributed by atoms with Gasteiger partial charge in [-0.1, -0.05) is 0 Å². The lowest BCUT2D eigenvalue weighted by Gasteiger charge is -1.96. The Bertz CT molecular complexity index is 266. The lowest BCUT2D eigenvalue weighted by molar-refractivity contribution is -0.137. The molecular formula is C6H5NO4. The highest BCUT2D eigenvalue weighted by Crippen LogP contribution is 2.00. The van der Waals surface area contributed by atoms with Gasteiger partial charge < -0.3 is 10.1 Å². The molecule has 0 bridgehead atoms. The van der Waals surface area contributed by atoms with E-state index >= 15 is 0 Å². The molecule has 0 atom stereocenters. The van der Waals surface area contributed by atoms with Crippen molar-refractivity contribution < 1.29 is 19.1 Å². The second-order valence-corrected chi connectivity index (χ2v) is 1.87. The summed E-state index contributed by atoms with van der Waals surface area (Å²) in [7, 11) is 1.16. The van der Waals surface area contributed by atoms with E-state index in [2.05, 4.69) is 10.1 Å². The number of rotatable bonds is 1. The van der Waals surface area contributed by atoms with Gasteiger partial charge >= 0.3 is 5.97 Å². The minimum absolute atomic E-state index is 0.109. The van der Waals surface area contributed by atoms with Crippen molar-refractivity contribution in [2.75, 3.05) is 7.11 Å². The van der Waals surface area contributed by atoms with Crippen LogP contribution in [0.5, 0.6) is 0 Å². The molecule has 0 aromatic rings. The molecule has 58 valence electrons. The van der Waals surface area contributed by atoms with Gasteiger partial charge in [0.15, 0.2) is 0 Å². The van der Waals surface area contributed by atoms with Gasteiger partial charge in [-0.3, -0.25) is 9.59 Å². The molecule has 5 nitrogen and oxygen atoms in total. The standard InChI is InChI=1S/C6H5NO4/c1-11-6(10)3-2-4(8)5(9)7-3/h2H,1H3,(H,7,8,9). The lowest BCUT2D eigenvalue weighted by atomic mass is 10.4. The summed E-state index contributed by atoms with van der Waals surface area (Å²) >= 11 is 0. The summed E-state index contributed by atoms with van der Waals surface area (Å²) in [5.41, 5.74) is -0.109. The number of amides is 1. The van der Waals surface area contributed by atoms with Crippen LogP contribution >= 0.6 is 0 Å². The molecule has 0 aliphatic carbocycles. The van der Waals surface area contributed by atoms with Crippen molar-refractivity contribution in [2.24, 2.45) is 0 Å². The number of methoxy groups -OCH3 is 1. The monoisotopic (exact) mass is 155 g/mol. The fraction of sp³-hybridized carbons (Fsp3) is 0.167. The second-order valence-electron chi connectivity index (χ2n) is 1.87. The van der Waals surface area contributed by atoms with Gasteiger partial charge in [-0.15, -0.1) is 0 Å². The van der Waals surface area contributed by atoms with E-state index in [1.165, 1.54) is 0 Å². The Balaban J connectivity index is 2.79. The summed E-state index contributed by atoms with van der Waals surface area (Å²) in [4.78, 5) is 31.6. The summed E-state index contributed by atoms with van der Waals surface area (Å²) in [5.74, 6) is -2.25. The summed E-state index contributed by atoms with van der Waals surface area (Å²) in [6.45, 7) is 0. The Kier molecular flexibility index (Phi) is 1.72. The minimum Gasteiger partial charge on any atom is -0.464 e. The van der Waals surface area contributed by atoms with Gasteiger partial charge in [0.1, 0.15) is 5.70 Å². The van der Waals surface area contributed by atoms with E-state index in [1.807, 2.05) is 0 Å². The number of hydrogen-bond donors (Lipinski definition) is 1. The van der Waals surface area contributed by atoms with Gasteiger partial charge in [0.05, 0.1) is 7.11 Å². The Hall–Kier alpha value is -1.65. The topological polar surface area (TPSA) is 72.5 Å². The van der Waals surface area contributed by atoms with Crippen LogP contribution in [0.3, 0.4) is 0 Å². The van der Waals surface area contributed by atoms with E-state index in [0.29, 0.717) is 0 Å². The molecule has 0 fully saturated rings. The van der Waals surface area contributed by atoms with Crippen molar-refractivity contribution in [2.45, 2.75) is 0 Å². The van der Waals surface area contributed by atoms with E-state index in [4.69, 9.17) is 0 Å². The third-order valence-electron chi connectivity index (χ3n) is 1.15. The van der Waals surface area contributed by atoms with Crippen molar-refractivity contribution in [3.05, 3.63) is 11.8 Å². The lowest BCUT2D eigenvalue weighted by Crippen LogP contribution is -2.24. The zero-order chi connectivity index (χ0) is 8.43. The van der Waals surface area contributed by atoms with Crippen molar-refractivity contribution in [1.29, 1.82) is 0 Å². The number of carbonyl (C=O) groups is 3. The van der Waals surface area contributed by atoms with Crippen LogP contribution in [0.25, 0.3) is 0 Å². The molecule has 0 aromatic heterocycles. The minimum atomic E-state index is -0.801. The molecule has 1 heterocycles. The maximum Gasteiger partial charge on any atom is 0.354 e. The van der Waals surface area contributed by atoms with Crippen LogP contribution < -0.4 is 5.32 Å². The number of ketones is 1. The van der Waals surface area contributed by atoms with Gasteiger partial charge in [-0.05, 0) is 0 Å². The number of carbonyl (C=O) groups excluding carboxylic acids is 3. The highest BCUT2D eigenvalue weighted by molar-refractivity contribution is 6.44. The largest absolute Gasteiger partial charge is 0.464 e. The van der Waals surface area contributed by atoms with Crippen LogP contribution in [0.1, 0.15) is 0 Å². The fourth-order valence-corrected chi connectivity index (χ4v) is 0.637. The van der Waals surface area contributed by atoms with E-state index in [0.717, 1.165) is 13.2 Å². The van der Waals surface area contributed by atoms with Gasteiger partial charge in [0.2, 0.25) is 5.78 Å². The predicted octanol–water partition coefficient (Wildman–Crippen LogP) is -1.26. The maximum absolute atomic E-state index is 10.6. The normalized spacial score (nSPS) is 15.9. The Morgan fingerprint density at radius 3 is 2.55 bits per heavy atom. The Morgan fingerprint density at radius 2 is 2.18 bits per heavy atom. The molecule has 1 rings (SSSR count). The molecule has 0 saturated carbocycles. The molecule has 11 heavy (non-hydrogen) atoms.